The van der Waals surface area contributed by atoms with Crippen molar-refractivity contribution >= 4 is 17.5 Å². The molecule has 3 aromatic rings. The van der Waals surface area contributed by atoms with Crippen LogP contribution in [0.3, 0.4) is 0 Å². The summed E-state index contributed by atoms with van der Waals surface area (Å²) in [4.78, 5) is 35.1. The summed E-state index contributed by atoms with van der Waals surface area (Å²) in [5.74, 6) is -0.696. The minimum atomic E-state index is -0.370. The zero-order valence-corrected chi connectivity index (χ0v) is 18.2. The summed E-state index contributed by atoms with van der Waals surface area (Å²) in [6.45, 7) is 2.43. The second-order valence-electron chi connectivity index (χ2n) is 7.81. The van der Waals surface area contributed by atoms with E-state index in [0.717, 1.165) is 24.1 Å². The number of nitrogens with one attached hydrogen (secondary N) is 1. The minimum Gasteiger partial charge on any atom is -0.378 e. The maximum absolute atomic E-state index is 13.0. The number of hydrogen-bond acceptors (Lipinski definition) is 5. The van der Waals surface area contributed by atoms with Gasteiger partial charge in [0.15, 0.2) is 0 Å². The van der Waals surface area contributed by atoms with Crippen molar-refractivity contribution in [2.45, 2.75) is 19.3 Å². The summed E-state index contributed by atoms with van der Waals surface area (Å²) < 4.78 is 18.3. The SMILES string of the molecule is O=C(Nc1ccc(F)cc1)c1cc(CCCc2ccc(C(=O)N3CCOCC3)cc2)ncn1. The number of carbonyl (C=O) groups excluding carboxylic acids is 2. The first-order valence-electron chi connectivity index (χ1n) is 10.9. The molecule has 0 saturated carbocycles. The van der Waals surface area contributed by atoms with Crippen molar-refractivity contribution in [1.82, 2.24) is 14.9 Å². The van der Waals surface area contributed by atoms with Gasteiger partial charge in [0.25, 0.3) is 11.8 Å². The third-order valence-electron chi connectivity index (χ3n) is 5.46. The lowest BCUT2D eigenvalue weighted by atomic mass is 10.0. The van der Waals surface area contributed by atoms with E-state index >= 15 is 0 Å². The summed E-state index contributed by atoms with van der Waals surface area (Å²) in [7, 11) is 0. The van der Waals surface area contributed by atoms with Gasteiger partial charge in [0.2, 0.25) is 0 Å². The molecule has 2 aromatic carbocycles. The maximum atomic E-state index is 13.0. The number of rotatable bonds is 7. The number of carbonyl (C=O) groups is 2. The van der Waals surface area contributed by atoms with E-state index in [1.54, 1.807) is 6.07 Å². The van der Waals surface area contributed by atoms with E-state index in [1.165, 1.54) is 30.6 Å². The van der Waals surface area contributed by atoms with Crippen LogP contribution in [0.2, 0.25) is 0 Å². The van der Waals surface area contributed by atoms with Crippen LogP contribution in [0.4, 0.5) is 10.1 Å². The minimum absolute atomic E-state index is 0.0391. The third-order valence-corrected chi connectivity index (χ3v) is 5.46. The zero-order chi connectivity index (χ0) is 23.0. The Kier molecular flexibility index (Phi) is 7.36. The molecule has 2 amide bonds. The number of anilines is 1. The van der Waals surface area contributed by atoms with Gasteiger partial charge >= 0.3 is 0 Å². The lowest BCUT2D eigenvalue weighted by Crippen LogP contribution is -2.40. The van der Waals surface area contributed by atoms with Crippen LogP contribution in [0.1, 0.15) is 38.5 Å². The Morgan fingerprint density at radius 3 is 2.42 bits per heavy atom. The van der Waals surface area contributed by atoms with Crippen LogP contribution in [-0.4, -0.2) is 53.0 Å². The van der Waals surface area contributed by atoms with Crippen molar-refractivity contribution in [3.05, 3.63) is 89.3 Å². The van der Waals surface area contributed by atoms with Gasteiger partial charge in [0, 0.05) is 30.0 Å². The molecule has 0 aliphatic carbocycles. The molecule has 33 heavy (non-hydrogen) atoms. The molecule has 2 heterocycles. The van der Waals surface area contributed by atoms with Gasteiger partial charge in [0.05, 0.1) is 13.2 Å². The maximum Gasteiger partial charge on any atom is 0.274 e. The molecule has 1 saturated heterocycles. The molecule has 8 heteroatoms. The molecule has 0 unspecified atom stereocenters. The molecule has 1 fully saturated rings. The van der Waals surface area contributed by atoms with Gasteiger partial charge in [-0.1, -0.05) is 12.1 Å². The summed E-state index contributed by atoms with van der Waals surface area (Å²) in [6.07, 6.45) is 3.73. The van der Waals surface area contributed by atoms with Gasteiger partial charge in [0.1, 0.15) is 17.8 Å². The molecule has 0 atom stereocenters. The first-order chi connectivity index (χ1) is 16.1. The number of amides is 2. The highest BCUT2D eigenvalue weighted by Crippen LogP contribution is 2.13. The van der Waals surface area contributed by atoms with Gasteiger partial charge in [-0.05, 0) is 67.3 Å². The highest BCUT2D eigenvalue weighted by Gasteiger charge is 2.18. The number of benzene rings is 2. The molecule has 0 radical (unpaired) electrons. The molecule has 170 valence electrons. The fourth-order valence-electron chi connectivity index (χ4n) is 3.62. The van der Waals surface area contributed by atoms with Crippen LogP contribution in [0, 0.1) is 5.82 Å². The summed E-state index contributed by atoms with van der Waals surface area (Å²) in [5.41, 5.74) is 3.35. The van der Waals surface area contributed by atoms with Crippen molar-refractivity contribution in [2.24, 2.45) is 0 Å². The number of aromatic nitrogens is 2. The molecule has 1 aliphatic rings. The Morgan fingerprint density at radius 1 is 0.970 bits per heavy atom. The standard InChI is InChI=1S/C25H25FN4O3/c26-20-8-10-21(11-9-20)29-24(31)23-16-22(27-17-28-23)3-1-2-18-4-6-19(7-5-18)25(32)30-12-14-33-15-13-30/h4-11,16-17H,1-3,12-15H2,(H,29,31). The van der Waals surface area contributed by atoms with Crippen LogP contribution in [-0.2, 0) is 17.6 Å². The monoisotopic (exact) mass is 448 g/mol. The molecule has 1 aliphatic heterocycles. The van der Waals surface area contributed by atoms with E-state index in [2.05, 4.69) is 15.3 Å². The van der Waals surface area contributed by atoms with Gasteiger partial charge in [-0.2, -0.15) is 0 Å². The summed E-state index contributed by atoms with van der Waals surface area (Å²) in [5, 5.41) is 2.70. The van der Waals surface area contributed by atoms with E-state index in [9.17, 15) is 14.0 Å². The van der Waals surface area contributed by atoms with E-state index in [-0.39, 0.29) is 23.3 Å². The lowest BCUT2D eigenvalue weighted by molar-refractivity contribution is 0.0303. The van der Waals surface area contributed by atoms with E-state index in [1.807, 2.05) is 29.2 Å². The van der Waals surface area contributed by atoms with Crippen molar-refractivity contribution in [3.8, 4) is 0 Å². The van der Waals surface area contributed by atoms with E-state index < -0.39 is 0 Å². The zero-order valence-electron chi connectivity index (χ0n) is 18.2. The van der Waals surface area contributed by atoms with Crippen LogP contribution in [0.15, 0.2) is 60.9 Å². The van der Waals surface area contributed by atoms with Crippen molar-refractivity contribution in [1.29, 1.82) is 0 Å². The first-order valence-corrected chi connectivity index (χ1v) is 10.9. The quantitative estimate of drug-likeness (QED) is 0.598. The van der Waals surface area contributed by atoms with Crippen molar-refractivity contribution in [2.75, 3.05) is 31.6 Å². The lowest BCUT2D eigenvalue weighted by Gasteiger charge is -2.26. The fraction of sp³-hybridized carbons (Fsp3) is 0.280. The molecule has 4 rings (SSSR count). The topological polar surface area (TPSA) is 84.4 Å². The van der Waals surface area contributed by atoms with Crippen molar-refractivity contribution in [3.63, 3.8) is 0 Å². The largest absolute Gasteiger partial charge is 0.378 e. The molecule has 1 aromatic heterocycles. The number of hydrogen-bond donors (Lipinski definition) is 1. The molecular formula is C25H25FN4O3. The second-order valence-corrected chi connectivity index (χ2v) is 7.81. The third kappa shape index (κ3) is 6.20. The summed E-state index contributed by atoms with van der Waals surface area (Å²) in [6, 6.07) is 14.9. The van der Waals surface area contributed by atoms with Crippen molar-refractivity contribution < 1.29 is 18.7 Å². The van der Waals surface area contributed by atoms with E-state index in [0.29, 0.717) is 44.0 Å². The van der Waals surface area contributed by atoms with Gasteiger partial charge in [-0.15, -0.1) is 0 Å². The predicted molar refractivity (Wildman–Crippen MR) is 122 cm³/mol. The molecule has 0 bridgehead atoms. The number of morpholine rings is 1. The highest BCUT2D eigenvalue weighted by molar-refractivity contribution is 6.02. The van der Waals surface area contributed by atoms with Gasteiger partial charge in [-0.3, -0.25) is 9.59 Å². The molecule has 7 nitrogen and oxygen atoms in total. The van der Waals surface area contributed by atoms with E-state index in [4.69, 9.17) is 4.74 Å². The van der Waals surface area contributed by atoms with Crippen LogP contribution in [0.25, 0.3) is 0 Å². The van der Waals surface area contributed by atoms with Gasteiger partial charge in [-0.25, -0.2) is 14.4 Å². The van der Waals surface area contributed by atoms with Gasteiger partial charge < -0.3 is 15.0 Å². The Bertz CT molecular complexity index is 1100. The van der Waals surface area contributed by atoms with Crippen LogP contribution in [0.5, 0.6) is 0 Å². The Hall–Kier alpha value is -3.65. The highest BCUT2D eigenvalue weighted by atomic mass is 19.1. The van der Waals surface area contributed by atoms with Crippen LogP contribution < -0.4 is 5.32 Å². The Balaban J connectivity index is 1.28. The number of ether oxygens (including phenoxy) is 1. The number of halogens is 1. The van der Waals surface area contributed by atoms with Crippen LogP contribution >= 0.6 is 0 Å². The molecule has 1 N–H and O–H groups in total. The Labute approximate surface area is 191 Å². The molecular weight excluding hydrogens is 423 g/mol. The Morgan fingerprint density at radius 2 is 1.70 bits per heavy atom. The number of nitrogens with zero attached hydrogens (tertiary/aromatic N) is 3. The second kappa shape index (κ2) is 10.8. The normalized spacial score (nSPS) is 13.5. The smallest absolute Gasteiger partial charge is 0.274 e. The first kappa shape index (κ1) is 22.5. The summed E-state index contributed by atoms with van der Waals surface area (Å²) >= 11 is 0. The predicted octanol–water partition coefficient (Wildman–Crippen LogP) is 3.52. The average Bonchev–Trinajstić information content (AvgIpc) is 2.86. The molecule has 0 spiro atoms. The fourth-order valence-corrected chi connectivity index (χ4v) is 3.62. The average molecular weight is 448 g/mol. The number of aryl methyl sites for hydroxylation is 2.